The molecule has 0 fully saturated rings. The summed E-state index contributed by atoms with van der Waals surface area (Å²) in [6.07, 6.45) is 0.131. The van der Waals surface area contributed by atoms with Gasteiger partial charge in [0.25, 0.3) is 11.6 Å². The van der Waals surface area contributed by atoms with Crippen molar-refractivity contribution in [3.05, 3.63) is 63.7 Å². The molecule has 0 radical (unpaired) electrons. The Hall–Kier alpha value is -2.58. The molecule has 9 heteroatoms. The highest BCUT2D eigenvalue weighted by molar-refractivity contribution is 7.99. The lowest BCUT2D eigenvalue weighted by atomic mass is 10.2. The molecule has 0 saturated carbocycles. The van der Waals surface area contributed by atoms with Crippen LogP contribution in [-0.2, 0) is 14.3 Å². The van der Waals surface area contributed by atoms with Crippen LogP contribution >= 0.6 is 23.4 Å². The van der Waals surface area contributed by atoms with Crippen molar-refractivity contribution in [1.82, 2.24) is 0 Å². The maximum absolute atomic E-state index is 11.8. The summed E-state index contributed by atoms with van der Waals surface area (Å²) >= 11 is 7.26. The van der Waals surface area contributed by atoms with Crippen LogP contribution in [-0.4, -0.2) is 29.2 Å². The molecule has 0 spiro atoms. The van der Waals surface area contributed by atoms with Crippen LogP contribution in [0.25, 0.3) is 0 Å². The van der Waals surface area contributed by atoms with Crippen LogP contribution in [0.2, 0.25) is 5.02 Å². The van der Waals surface area contributed by atoms with Crippen molar-refractivity contribution in [2.24, 2.45) is 0 Å². The Kier molecular flexibility index (Phi) is 7.43. The van der Waals surface area contributed by atoms with Gasteiger partial charge in [-0.05, 0) is 30.3 Å². The van der Waals surface area contributed by atoms with Gasteiger partial charge in [0.15, 0.2) is 6.61 Å². The van der Waals surface area contributed by atoms with Gasteiger partial charge in [0.1, 0.15) is 5.69 Å². The van der Waals surface area contributed by atoms with Crippen molar-refractivity contribution in [2.45, 2.75) is 11.3 Å². The maximum Gasteiger partial charge on any atom is 0.307 e. The zero-order chi connectivity index (χ0) is 18.9. The molecule has 0 heterocycles. The molecule has 0 aromatic heterocycles. The molecular formula is C17H15ClN2O5S. The predicted octanol–water partition coefficient (Wildman–Crippen LogP) is 3.91. The van der Waals surface area contributed by atoms with Gasteiger partial charge >= 0.3 is 5.97 Å². The quantitative estimate of drug-likeness (QED) is 0.315. The lowest BCUT2D eigenvalue weighted by Crippen LogP contribution is -2.21. The number of rotatable bonds is 8. The fraction of sp³-hybridized carbons (Fsp3) is 0.176. The molecular weight excluding hydrogens is 380 g/mol. The van der Waals surface area contributed by atoms with Crippen LogP contribution in [0.15, 0.2) is 53.4 Å². The Morgan fingerprint density at radius 2 is 1.85 bits per heavy atom. The van der Waals surface area contributed by atoms with E-state index in [2.05, 4.69) is 5.32 Å². The number of carbonyl (C=O) groups excluding carboxylic acids is 2. The number of esters is 1. The van der Waals surface area contributed by atoms with Gasteiger partial charge < -0.3 is 10.1 Å². The minimum atomic E-state index is -0.641. The van der Waals surface area contributed by atoms with Gasteiger partial charge in [-0.3, -0.25) is 19.7 Å². The average Bonchev–Trinajstić information content (AvgIpc) is 2.62. The summed E-state index contributed by atoms with van der Waals surface area (Å²) in [7, 11) is 0. The summed E-state index contributed by atoms with van der Waals surface area (Å²) in [6.45, 7) is -0.503. The van der Waals surface area contributed by atoms with Gasteiger partial charge in [-0.15, -0.1) is 11.8 Å². The van der Waals surface area contributed by atoms with E-state index >= 15 is 0 Å². The summed E-state index contributed by atoms with van der Waals surface area (Å²) < 4.78 is 4.88. The molecule has 2 rings (SSSR count). The molecule has 2 aromatic rings. The van der Waals surface area contributed by atoms with Crippen molar-refractivity contribution >= 4 is 46.6 Å². The smallest absolute Gasteiger partial charge is 0.307 e. The minimum absolute atomic E-state index is 0.0526. The number of para-hydroxylation sites is 2. The number of carbonyl (C=O) groups is 2. The molecule has 2 aromatic carbocycles. The number of amides is 1. The molecule has 0 saturated heterocycles. The van der Waals surface area contributed by atoms with Gasteiger partial charge in [-0.1, -0.05) is 23.7 Å². The number of thioether (sulfide) groups is 1. The Bertz CT molecular complexity index is 798. The van der Waals surface area contributed by atoms with Crippen molar-refractivity contribution < 1.29 is 19.2 Å². The summed E-state index contributed by atoms with van der Waals surface area (Å²) in [5, 5.41) is 13.9. The van der Waals surface area contributed by atoms with E-state index in [9.17, 15) is 19.7 Å². The number of nitro benzene ring substituents is 1. The second-order valence-electron chi connectivity index (χ2n) is 5.04. The molecule has 0 bridgehead atoms. The van der Waals surface area contributed by atoms with Gasteiger partial charge in [-0.25, -0.2) is 0 Å². The maximum atomic E-state index is 11.8. The number of benzene rings is 2. The molecule has 26 heavy (non-hydrogen) atoms. The van der Waals surface area contributed by atoms with E-state index in [-0.39, 0.29) is 17.8 Å². The number of hydrogen-bond donors (Lipinski definition) is 1. The minimum Gasteiger partial charge on any atom is -0.456 e. The zero-order valence-corrected chi connectivity index (χ0v) is 15.1. The number of anilines is 1. The molecule has 0 atom stereocenters. The van der Waals surface area contributed by atoms with Gasteiger partial charge in [-0.2, -0.15) is 0 Å². The fourth-order valence-electron chi connectivity index (χ4n) is 1.93. The van der Waals surface area contributed by atoms with Crippen LogP contribution in [0.1, 0.15) is 6.42 Å². The highest BCUT2D eigenvalue weighted by Crippen LogP contribution is 2.23. The molecule has 0 aliphatic rings. The van der Waals surface area contributed by atoms with Gasteiger partial charge in [0, 0.05) is 21.7 Å². The number of nitro groups is 1. The SMILES string of the molecule is O=C(COC(=O)CCSc1ccc(Cl)cc1)Nc1ccccc1[N+](=O)[O-]. The summed E-state index contributed by atoms with van der Waals surface area (Å²) in [5.74, 6) is -0.672. The lowest BCUT2D eigenvalue weighted by Gasteiger charge is -2.07. The number of hydrogen-bond acceptors (Lipinski definition) is 6. The summed E-state index contributed by atoms with van der Waals surface area (Å²) in [6, 6.07) is 12.9. The van der Waals surface area contributed by atoms with Crippen molar-refractivity contribution in [1.29, 1.82) is 0 Å². The van der Waals surface area contributed by atoms with E-state index in [1.807, 2.05) is 12.1 Å². The van der Waals surface area contributed by atoms with Crippen LogP contribution in [0.5, 0.6) is 0 Å². The van der Waals surface area contributed by atoms with Crippen LogP contribution in [0, 0.1) is 10.1 Å². The number of ether oxygens (including phenoxy) is 1. The van der Waals surface area contributed by atoms with Crippen molar-refractivity contribution in [3.63, 3.8) is 0 Å². The predicted molar refractivity (Wildman–Crippen MR) is 99.5 cm³/mol. The first-order valence-corrected chi connectivity index (χ1v) is 8.89. The number of nitrogens with zero attached hydrogens (tertiary/aromatic N) is 1. The second-order valence-corrected chi connectivity index (χ2v) is 6.64. The van der Waals surface area contributed by atoms with E-state index in [0.29, 0.717) is 10.8 Å². The summed E-state index contributed by atoms with van der Waals surface area (Å²) in [5.41, 5.74) is -0.177. The average molecular weight is 395 g/mol. The molecule has 0 aliphatic carbocycles. The van der Waals surface area contributed by atoms with Crippen molar-refractivity contribution in [2.75, 3.05) is 17.7 Å². The van der Waals surface area contributed by atoms with E-state index in [1.165, 1.54) is 30.0 Å². The van der Waals surface area contributed by atoms with Crippen LogP contribution in [0.4, 0.5) is 11.4 Å². The number of halogens is 1. The van der Waals surface area contributed by atoms with E-state index in [0.717, 1.165) is 4.90 Å². The lowest BCUT2D eigenvalue weighted by molar-refractivity contribution is -0.383. The normalized spacial score (nSPS) is 10.2. The van der Waals surface area contributed by atoms with E-state index < -0.39 is 23.4 Å². The Morgan fingerprint density at radius 3 is 2.54 bits per heavy atom. The van der Waals surface area contributed by atoms with Crippen LogP contribution in [0.3, 0.4) is 0 Å². The van der Waals surface area contributed by atoms with E-state index in [1.54, 1.807) is 18.2 Å². The monoisotopic (exact) mass is 394 g/mol. The molecule has 7 nitrogen and oxygen atoms in total. The van der Waals surface area contributed by atoms with Gasteiger partial charge in [0.05, 0.1) is 11.3 Å². The highest BCUT2D eigenvalue weighted by Gasteiger charge is 2.15. The topological polar surface area (TPSA) is 98.5 Å². The third-order valence-corrected chi connectivity index (χ3v) is 4.39. The first kappa shape index (κ1) is 19.7. The standard InChI is InChI=1S/C17H15ClN2O5S/c18-12-5-7-13(8-6-12)26-10-9-17(22)25-11-16(21)19-14-3-1-2-4-15(14)20(23)24/h1-8H,9-11H2,(H,19,21). The Balaban J connectivity index is 1.72. The largest absolute Gasteiger partial charge is 0.456 e. The molecule has 0 unspecified atom stereocenters. The zero-order valence-electron chi connectivity index (χ0n) is 13.5. The third-order valence-electron chi connectivity index (χ3n) is 3.13. The molecule has 1 N–H and O–H groups in total. The second kappa shape index (κ2) is 9.79. The first-order valence-electron chi connectivity index (χ1n) is 7.53. The highest BCUT2D eigenvalue weighted by atomic mass is 35.5. The Morgan fingerprint density at radius 1 is 1.15 bits per heavy atom. The third kappa shape index (κ3) is 6.38. The Labute approximate surface area is 158 Å². The number of nitrogens with one attached hydrogen (secondary N) is 1. The molecule has 1 amide bonds. The summed E-state index contributed by atoms with van der Waals surface area (Å²) in [4.78, 5) is 34.7. The fourth-order valence-corrected chi connectivity index (χ4v) is 2.89. The first-order chi connectivity index (χ1) is 12.5. The molecule has 0 aliphatic heterocycles. The van der Waals surface area contributed by atoms with Gasteiger partial charge in [0.2, 0.25) is 0 Å². The molecule has 136 valence electrons. The van der Waals surface area contributed by atoms with E-state index in [4.69, 9.17) is 16.3 Å². The van der Waals surface area contributed by atoms with Crippen molar-refractivity contribution in [3.8, 4) is 0 Å². The van der Waals surface area contributed by atoms with Crippen LogP contribution < -0.4 is 5.32 Å².